The Kier molecular flexibility index (Phi) is 8.78. The highest BCUT2D eigenvalue weighted by molar-refractivity contribution is 5.92. The van der Waals surface area contributed by atoms with E-state index in [0.717, 1.165) is 19.3 Å². The molecule has 1 heterocycles. The van der Waals surface area contributed by atoms with Gasteiger partial charge in [0.05, 0.1) is 11.1 Å². The number of nitrogens with zero attached hydrogens (tertiary/aromatic N) is 2. The Labute approximate surface area is 191 Å². The Hall–Kier alpha value is -3.43. The van der Waals surface area contributed by atoms with Crippen LogP contribution < -0.4 is 10.6 Å². The van der Waals surface area contributed by atoms with Crippen molar-refractivity contribution in [2.45, 2.75) is 44.5 Å². The third kappa shape index (κ3) is 7.57. The molecule has 0 atom stereocenters. The maximum atomic E-state index is 13.1. The third-order valence-electron chi connectivity index (χ3n) is 5.01. The number of alkyl halides is 6. The topological polar surface area (TPSA) is 105 Å². The van der Waals surface area contributed by atoms with Crippen LogP contribution >= 0.6 is 0 Å². The molecule has 7 nitrogen and oxygen atoms in total. The van der Waals surface area contributed by atoms with Gasteiger partial charge in [-0.25, -0.2) is 4.79 Å². The van der Waals surface area contributed by atoms with Gasteiger partial charge in [-0.15, -0.1) is 0 Å². The summed E-state index contributed by atoms with van der Waals surface area (Å²) in [4.78, 5) is 25.1. The number of carbonyl (C=O) groups excluding carboxylic acids is 1. The fourth-order valence-electron chi connectivity index (χ4n) is 3.34. The van der Waals surface area contributed by atoms with Gasteiger partial charge in [0.1, 0.15) is 11.9 Å². The maximum absolute atomic E-state index is 13.1. The molecule has 3 N–H and O–H groups in total. The number of rotatable bonds is 8. The van der Waals surface area contributed by atoms with Crippen LogP contribution in [0, 0.1) is 11.3 Å². The molecule has 0 aliphatic carbocycles. The van der Waals surface area contributed by atoms with Gasteiger partial charge in [0, 0.05) is 31.7 Å². The summed E-state index contributed by atoms with van der Waals surface area (Å²) in [5.41, 5.74) is -4.84. The van der Waals surface area contributed by atoms with E-state index in [2.05, 4.69) is 10.6 Å². The zero-order valence-electron chi connectivity index (χ0n) is 17.8. The predicted octanol–water partition coefficient (Wildman–Crippen LogP) is 4.34. The molecule has 0 spiro atoms. The smallest absolute Gasteiger partial charge is 0.416 e. The second-order valence-corrected chi connectivity index (χ2v) is 7.56. The molecule has 1 aromatic carbocycles. The van der Waals surface area contributed by atoms with Crippen molar-refractivity contribution in [3.05, 3.63) is 40.7 Å². The highest BCUT2D eigenvalue weighted by Crippen LogP contribution is 2.37. The Morgan fingerprint density at radius 1 is 1.06 bits per heavy atom. The van der Waals surface area contributed by atoms with Crippen molar-refractivity contribution in [1.82, 2.24) is 10.2 Å². The molecule has 186 valence electrons. The standard InChI is InChI=1S/C21H22F6N4O3/c22-20(23,24)13-9-14(21(25,26)27)11-15(10-13)30-18(16(12-28)19(33)34)29-6-4-8-31-7-3-1-2-5-17(31)32/h9-11,29-30H,1-8H2,(H,33,34)/b18-16+. The number of aliphatic carboxylic acids is 1. The molecular formula is C21H22F6N4O3. The molecule has 1 amide bonds. The monoisotopic (exact) mass is 492 g/mol. The van der Waals surface area contributed by atoms with E-state index in [0.29, 0.717) is 38.1 Å². The van der Waals surface area contributed by atoms with Gasteiger partial charge in [-0.2, -0.15) is 31.6 Å². The molecule has 13 heteroatoms. The van der Waals surface area contributed by atoms with Crippen LogP contribution in [0.3, 0.4) is 0 Å². The molecule has 2 rings (SSSR count). The predicted molar refractivity (Wildman–Crippen MR) is 108 cm³/mol. The minimum absolute atomic E-state index is 0.00430. The van der Waals surface area contributed by atoms with Crippen LogP contribution in [-0.4, -0.2) is 41.5 Å². The fraction of sp³-hybridized carbons (Fsp3) is 0.476. The number of nitriles is 1. The average Bonchev–Trinajstić information content (AvgIpc) is 2.93. The lowest BCUT2D eigenvalue weighted by Crippen LogP contribution is -2.33. The molecule has 1 saturated heterocycles. The Bertz CT molecular complexity index is 950. The molecule has 0 unspecified atom stereocenters. The van der Waals surface area contributed by atoms with Crippen LogP contribution in [0.1, 0.15) is 43.2 Å². The first-order chi connectivity index (χ1) is 15.8. The lowest BCUT2D eigenvalue weighted by Gasteiger charge is -2.21. The van der Waals surface area contributed by atoms with Gasteiger partial charge in [0.25, 0.3) is 0 Å². The van der Waals surface area contributed by atoms with Crippen molar-refractivity contribution in [2.24, 2.45) is 0 Å². The summed E-state index contributed by atoms with van der Waals surface area (Å²) < 4.78 is 78.7. The third-order valence-corrected chi connectivity index (χ3v) is 5.01. The zero-order valence-corrected chi connectivity index (χ0v) is 17.8. The summed E-state index contributed by atoms with van der Waals surface area (Å²) in [6, 6.07) is 2.05. The Balaban J connectivity index is 2.25. The lowest BCUT2D eigenvalue weighted by atomic mass is 10.1. The van der Waals surface area contributed by atoms with Crippen molar-refractivity contribution in [3.63, 3.8) is 0 Å². The van der Waals surface area contributed by atoms with E-state index in [-0.39, 0.29) is 18.5 Å². The average molecular weight is 492 g/mol. The quantitative estimate of drug-likeness (QED) is 0.216. The number of carbonyl (C=O) groups is 2. The molecule has 1 aromatic rings. The van der Waals surface area contributed by atoms with E-state index in [9.17, 15) is 41.0 Å². The van der Waals surface area contributed by atoms with E-state index in [1.54, 1.807) is 4.90 Å². The van der Waals surface area contributed by atoms with Crippen LogP contribution in [0.5, 0.6) is 0 Å². The summed E-state index contributed by atoms with van der Waals surface area (Å²) in [5, 5.41) is 23.1. The van der Waals surface area contributed by atoms with Gasteiger partial charge in [0.15, 0.2) is 5.57 Å². The lowest BCUT2D eigenvalue weighted by molar-refractivity contribution is -0.143. The second kappa shape index (κ2) is 11.1. The molecule has 0 aromatic heterocycles. The number of hydrogen-bond acceptors (Lipinski definition) is 5. The number of likely N-dealkylation sites (tertiary alicyclic amines) is 1. The van der Waals surface area contributed by atoms with E-state index in [1.807, 2.05) is 0 Å². The van der Waals surface area contributed by atoms with Crippen LogP contribution in [0.2, 0.25) is 0 Å². The van der Waals surface area contributed by atoms with Crippen molar-refractivity contribution < 1.29 is 41.0 Å². The van der Waals surface area contributed by atoms with Crippen LogP contribution in [-0.2, 0) is 21.9 Å². The molecule has 34 heavy (non-hydrogen) atoms. The number of amides is 1. The largest absolute Gasteiger partial charge is 0.477 e. The molecular weight excluding hydrogens is 470 g/mol. The van der Waals surface area contributed by atoms with Crippen molar-refractivity contribution >= 4 is 17.6 Å². The van der Waals surface area contributed by atoms with Gasteiger partial charge in [-0.3, -0.25) is 4.79 Å². The summed E-state index contributed by atoms with van der Waals surface area (Å²) in [6.45, 7) is 0.869. The highest BCUT2D eigenvalue weighted by Gasteiger charge is 2.37. The first-order valence-electron chi connectivity index (χ1n) is 10.3. The van der Waals surface area contributed by atoms with E-state index < -0.39 is 46.5 Å². The first-order valence-corrected chi connectivity index (χ1v) is 10.3. The van der Waals surface area contributed by atoms with E-state index in [4.69, 9.17) is 5.26 Å². The number of halogens is 6. The van der Waals surface area contributed by atoms with Crippen molar-refractivity contribution in [2.75, 3.05) is 25.0 Å². The number of hydrogen-bond donors (Lipinski definition) is 3. The van der Waals surface area contributed by atoms with E-state index in [1.165, 1.54) is 6.07 Å². The summed E-state index contributed by atoms with van der Waals surface area (Å²) in [7, 11) is 0. The van der Waals surface area contributed by atoms with Crippen molar-refractivity contribution in [1.29, 1.82) is 5.26 Å². The number of carboxylic acids is 1. The van der Waals surface area contributed by atoms with Gasteiger partial charge in [-0.1, -0.05) is 6.42 Å². The zero-order chi connectivity index (χ0) is 25.5. The number of nitrogens with one attached hydrogen (secondary N) is 2. The highest BCUT2D eigenvalue weighted by atomic mass is 19.4. The number of carboxylic acid groups (broad SMARTS) is 1. The summed E-state index contributed by atoms with van der Waals surface area (Å²) in [5.74, 6) is -2.33. The van der Waals surface area contributed by atoms with Gasteiger partial charge in [0.2, 0.25) is 5.91 Å². The summed E-state index contributed by atoms with van der Waals surface area (Å²) in [6.07, 6.45) is -6.95. The molecule has 0 bridgehead atoms. The van der Waals surface area contributed by atoms with Gasteiger partial charge >= 0.3 is 18.3 Å². The minimum Gasteiger partial charge on any atom is -0.477 e. The van der Waals surface area contributed by atoms with Gasteiger partial charge < -0.3 is 20.6 Å². The molecule has 1 aliphatic heterocycles. The second-order valence-electron chi connectivity index (χ2n) is 7.56. The number of anilines is 1. The molecule has 1 aliphatic rings. The van der Waals surface area contributed by atoms with Crippen molar-refractivity contribution in [3.8, 4) is 6.07 Å². The van der Waals surface area contributed by atoms with Gasteiger partial charge in [-0.05, 0) is 37.5 Å². The Morgan fingerprint density at radius 3 is 2.21 bits per heavy atom. The maximum Gasteiger partial charge on any atom is 0.416 e. The summed E-state index contributed by atoms with van der Waals surface area (Å²) >= 11 is 0. The normalized spacial score (nSPS) is 15.8. The van der Waals surface area contributed by atoms with Crippen LogP contribution in [0.15, 0.2) is 29.6 Å². The van der Waals surface area contributed by atoms with E-state index >= 15 is 0 Å². The fourth-order valence-corrected chi connectivity index (χ4v) is 3.34. The molecule has 0 saturated carbocycles. The van der Waals surface area contributed by atoms with Crippen LogP contribution in [0.4, 0.5) is 32.0 Å². The van der Waals surface area contributed by atoms with Crippen LogP contribution in [0.25, 0.3) is 0 Å². The first kappa shape index (κ1) is 26.8. The Morgan fingerprint density at radius 2 is 1.68 bits per heavy atom. The SMILES string of the molecule is N#C/C(C(=O)O)=C(/NCCCN1CCCCCC1=O)Nc1cc(C(F)(F)F)cc(C(F)(F)F)c1. The minimum atomic E-state index is -5.10. The molecule has 1 fully saturated rings. The molecule has 0 radical (unpaired) electrons. The number of benzene rings is 1.